The summed E-state index contributed by atoms with van der Waals surface area (Å²) < 4.78 is 15.4. The summed E-state index contributed by atoms with van der Waals surface area (Å²) in [5.41, 5.74) is -0.215. The molecule has 1 heterocycles. The topological polar surface area (TPSA) is 94.1 Å². The normalized spacial score (nSPS) is 12.9. The summed E-state index contributed by atoms with van der Waals surface area (Å²) >= 11 is 0. The molecular formula is C14H17NO6. The van der Waals surface area contributed by atoms with Gasteiger partial charge in [0.15, 0.2) is 11.5 Å². The van der Waals surface area contributed by atoms with Gasteiger partial charge in [-0.2, -0.15) is 0 Å². The largest absolute Gasteiger partial charge is 0.478 e. The molecular weight excluding hydrogens is 278 g/mol. The van der Waals surface area contributed by atoms with Gasteiger partial charge < -0.3 is 24.6 Å². The number of benzene rings is 1. The minimum atomic E-state index is -1.14. The molecule has 0 spiro atoms. The molecule has 1 aliphatic heterocycles. The summed E-state index contributed by atoms with van der Waals surface area (Å²) in [4.78, 5) is 23.0. The lowest BCUT2D eigenvalue weighted by molar-refractivity contribution is 0.0520. The molecule has 1 amide bonds. The zero-order valence-corrected chi connectivity index (χ0v) is 12.1. The van der Waals surface area contributed by atoms with Gasteiger partial charge >= 0.3 is 12.1 Å². The van der Waals surface area contributed by atoms with E-state index < -0.39 is 17.7 Å². The average Bonchev–Trinajstić information content (AvgIpc) is 2.80. The molecule has 2 N–H and O–H groups in total. The fraction of sp³-hybridized carbons (Fsp3) is 0.429. The van der Waals surface area contributed by atoms with E-state index in [-0.39, 0.29) is 24.7 Å². The minimum absolute atomic E-state index is 0.0129. The fourth-order valence-electron chi connectivity index (χ4n) is 1.88. The highest BCUT2D eigenvalue weighted by atomic mass is 16.7. The predicted molar refractivity (Wildman–Crippen MR) is 72.6 cm³/mol. The highest BCUT2D eigenvalue weighted by molar-refractivity contribution is 5.94. The summed E-state index contributed by atoms with van der Waals surface area (Å²) in [6, 6.07) is 3.19. The third kappa shape index (κ3) is 3.56. The smallest absolute Gasteiger partial charge is 0.407 e. The molecule has 7 nitrogen and oxygen atoms in total. The number of fused-ring (bicyclic) bond motifs is 1. The molecule has 0 aliphatic carbocycles. The number of hydrogen-bond donors (Lipinski definition) is 2. The molecule has 114 valence electrons. The maximum Gasteiger partial charge on any atom is 0.407 e. The van der Waals surface area contributed by atoms with Crippen molar-refractivity contribution in [2.45, 2.75) is 32.9 Å². The van der Waals surface area contributed by atoms with Crippen LogP contribution in [0.5, 0.6) is 11.5 Å². The van der Waals surface area contributed by atoms with Crippen LogP contribution in [0.3, 0.4) is 0 Å². The third-order valence-electron chi connectivity index (χ3n) is 2.66. The third-order valence-corrected chi connectivity index (χ3v) is 2.66. The zero-order chi connectivity index (χ0) is 15.6. The SMILES string of the molecule is CC(C)(C)OC(=O)NCc1ccc2c(c1C(=O)O)OCO2. The molecule has 0 fully saturated rings. The van der Waals surface area contributed by atoms with Crippen molar-refractivity contribution in [3.63, 3.8) is 0 Å². The van der Waals surface area contributed by atoms with Gasteiger partial charge in [0.25, 0.3) is 0 Å². The first-order valence-corrected chi connectivity index (χ1v) is 6.39. The van der Waals surface area contributed by atoms with Crippen molar-refractivity contribution in [1.82, 2.24) is 5.32 Å². The van der Waals surface area contributed by atoms with Crippen molar-refractivity contribution in [1.29, 1.82) is 0 Å². The lowest BCUT2D eigenvalue weighted by Crippen LogP contribution is -2.32. The Balaban J connectivity index is 2.14. The van der Waals surface area contributed by atoms with Crippen molar-refractivity contribution < 1.29 is 28.9 Å². The monoisotopic (exact) mass is 295 g/mol. The first-order valence-electron chi connectivity index (χ1n) is 6.39. The van der Waals surface area contributed by atoms with Gasteiger partial charge in [-0.15, -0.1) is 0 Å². The summed E-state index contributed by atoms with van der Waals surface area (Å²) in [6.45, 7) is 5.24. The predicted octanol–water partition coefficient (Wildman–Crippen LogP) is 2.14. The van der Waals surface area contributed by atoms with Gasteiger partial charge in [0.05, 0.1) is 0 Å². The van der Waals surface area contributed by atoms with E-state index in [1.54, 1.807) is 32.9 Å². The quantitative estimate of drug-likeness (QED) is 0.887. The Morgan fingerprint density at radius 1 is 1.33 bits per heavy atom. The maximum absolute atomic E-state index is 11.6. The molecule has 0 radical (unpaired) electrons. The molecule has 1 aromatic rings. The van der Waals surface area contributed by atoms with Gasteiger partial charge in [0, 0.05) is 6.54 Å². The Bertz CT molecular complexity index is 576. The van der Waals surface area contributed by atoms with Crippen molar-refractivity contribution >= 4 is 12.1 Å². The number of carboxylic acids is 1. The second-order valence-corrected chi connectivity index (χ2v) is 5.49. The lowest BCUT2D eigenvalue weighted by Gasteiger charge is -2.20. The number of alkyl carbamates (subject to hydrolysis) is 1. The highest BCUT2D eigenvalue weighted by Gasteiger charge is 2.25. The summed E-state index contributed by atoms with van der Waals surface area (Å²) in [6.07, 6.45) is -0.614. The van der Waals surface area contributed by atoms with Gasteiger partial charge in [-0.1, -0.05) is 6.07 Å². The van der Waals surface area contributed by atoms with Crippen LogP contribution in [0.2, 0.25) is 0 Å². The molecule has 0 bridgehead atoms. The number of carbonyl (C=O) groups excluding carboxylic acids is 1. The van der Waals surface area contributed by atoms with Crippen LogP contribution >= 0.6 is 0 Å². The number of nitrogens with one attached hydrogen (secondary N) is 1. The Morgan fingerprint density at radius 2 is 2.05 bits per heavy atom. The molecule has 0 atom stereocenters. The van der Waals surface area contributed by atoms with E-state index >= 15 is 0 Å². The Labute approximate surface area is 121 Å². The van der Waals surface area contributed by atoms with E-state index in [1.165, 1.54) is 0 Å². The second-order valence-electron chi connectivity index (χ2n) is 5.49. The van der Waals surface area contributed by atoms with E-state index in [2.05, 4.69) is 5.32 Å². The molecule has 2 rings (SSSR count). The minimum Gasteiger partial charge on any atom is -0.478 e. The summed E-state index contributed by atoms with van der Waals surface area (Å²) in [7, 11) is 0. The van der Waals surface area contributed by atoms with Gasteiger partial charge in [0.2, 0.25) is 6.79 Å². The number of ether oxygens (including phenoxy) is 3. The van der Waals surface area contributed by atoms with Crippen molar-refractivity contribution in [3.8, 4) is 11.5 Å². The molecule has 0 aromatic heterocycles. The molecule has 7 heteroatoms. The van der Waals surface area contributed by atoms with E-state index in [0.717, 1.165) is 0 Å². The Kier molecular flexibility index (Phi) is 3.93. The molecule has 1 aliphatic rings. The zero-order valence-electron chi connectivity index (χ0n) is 12.1. The molecule has 0 saturated heterocycles. The summed E-state index contributed by atoms with van der Waals surface area (Å²) in [5.74, 6) is -0.572. The average molecular weight is 295 g/mol. The molecule has 0 unspecified atom stereocenters. The number of carbonyl (C=O) groups is 2. The Hall–Kier alpha value is -2.44. The standard InChI is InChI=1S/C14H17NO6/c1-14(2,3)21-13(18)15-6-8-4-5-9-11(20-7-19-9)10(8)12(16)17/h4-5H,6-7H2,1-3H3,(H,15,18)(H,16,17). The van der Waals surface area contributed by atoms with Crippen LogP contribution in [0, 0.1) is 0 Å². The van der Waals surface area contributed by atoms with Crippen LogP contribution in [0.15, 0.2) is 12.1 Å². The van der Waals surface area contributed by atoms with Crippen LogP contribution in [0.4, 0.5) is 4.79 Å². The number of amides is 1. The van der Waals surface area contributed by atoms with E-state index in [1.807, 2.05) is 0 Å². The first kappa shape index (κ1) is 15.0. The van der Waals surface area contributed by atoms with Gasteiger partial charge in [-0.3, -0.25) is 0 Å². The maximum atomic E-state index is 11.6. The van der Waals surface area contributed by atoms with E-state index in [0.29, 0.717) is 11.3 Å². The number of aromatic carboxylic acids is 1. The summed E-state index contributed by atoms with van der Waals surface area (Å²) in [5, 5.41) is 11.8. The number of hydrogen-bond acceptors (Lipinski definition) is 5. The fourth-order valence-corrected chi connectivity index (χ4v) is 1.88. The van der Waals surface area contributed by atoms with Gasteiger partial charge in [-0.05, 0) is 32.4 Å². The van der Waals surface area contributed by atoms with Gasteiger partial charge in [0.1, 0.15) is 11.2 Å². The van der Waals surface area contributed by atoms with Crippen LogP contribution in [-0.2, 0) is 11.3 Å². The van der Waals surface area contributed by atoms with E-state index in [9.17, 15) is 14.7 Å². The molecule has 0 saturated carbocycles. The number of rotatable bonds is 3. The number of carboxylic acid groups (broad SMARTS) is 1. The molecule has 21 heavy (non-hydrogen) atoms. The van der Waals surface area contributed by atoms with Crippen molar-refractivity contribution in [2.24, 2.45) is 0 Å². The van der Waals surface area contributed by atoms with Crippen LogP contribution in [0.25, 0.3) is 0 Å². The van der Waals surface area contributed by atoms with Crippen LogP contribution in [-0.4, -0.2) is 29.6 Å². The molecule has 1 aromatic carbocycles. The lowest BCUT2D eigenvalue weighted by atomic mass is 10.1. The Morgan fingerprint density at radius 3 is 2.67 bits per heavy atom. The highest BCUT2D eigenvalue weighted by Crippen LogP contribution is 2.37. The van der Waals surface area contributed by atoms with Crippen LogP contribution in [0.1, 0.15) is 36.7 Å². The van der Waals surface area contributed by atoms with Crippen molar-refractivity contribution in [2.75, 3.05) is 6.79 Å². The van der Waals surface area contributed by atoms with Crippen molar-refractivity contribution in [3.05, 3.63) is 23.3 Å². The second kappa shape index (κ2) is 5.51. The van der Waals surface area contributed by atoms with Gasteiger partial charge in [-0.25, -0.2) is 9.59 Å². The van der Waals surface area contributed by atoms with E-state index in [4.69, 9.17) is 14.2 Å². The van der Waals surface area contributed by atoms with Crippen LogP contribution < -0.4 is 14.8 Å². The first-order chi connectivity index (χ1) is 9.78.